The average Bonchev–Trinajstić information content (AvgIpc) is 3.92. The van der Waals surface area contributed by atoms with E-state index in [1.54, 1.807) is 24.3 Å². The minimum absolute atomic E-state index is 0.110. The van der Waals surface area contributed by atoms with E-state index in [-0.39, 0.29) is 34.5 Å². The zero-order valence-electron chi connectivity index (χ0n) is 36.1. The topological polar surface area (TPSA) is 135 Å². The molecule has 6 aromatic rings. The minimum Gasteiger partial charge on any atom is -0.506 e. The third-order valence-corrected chi connectivity index (χ3v) is 10.4. The Kier molecular flexibility index (Phi) is 13.6. The van der Waals surface area contributed by atoms with E-state index in [1.807, 2.05) is 102 Å². The summed E-state index contributed by atoms with van der Waals surface area (Å²) in [5.41, 5.74) is 3.59. The Morgan fingerprint density at radius 1 is 0.567 bits per heavy atom. The van der Waals surface area contributed by atoms with E-state index in [2.05, 4.69) is 24.2 Å². The third-order valence-electron chi connectivity index (χ3n) is 10.4. The quantitative estimate of drug-likeness (QED) is 0.0915. The number of phenols is 2. The van der Waals surface area contributed by atoms with Crippen molar-refractivity contribution in [2.24, 2.45) is 0 Å². The number of aromatic nitrogens is 2. The number of rotatable bonds is 16. The monoisotopic (exact) mass is 814 g/mol. The molecule has 4 aromatic carbocycles. The molecule has 0 saturated heterocycles. The standard InChI is InChI=1S/C49H58N4O7/c1-9-11-13-27-57-37-21-15-33(16-22-37)35-19-25-41(43(54)29-35)52(42-26-20-36(30-44(42)55)34-17-23-38(24-18-34)58-28-14-12-10-2)47(56)53(45-39(31-59-50-45)48(3,4)5)46-40(32-60-51-46)49(6,7)8/h15-26,29-32,54-55H,9-14,27-28H2,1-8H3. The summed E-state index contributed by atoms with van der Waals surface area (Å²) in [4.78, 5) is 18.2. The second-order valence-electron chi connectivity index (χ2n) is 17.1. The van der Waals surface area contributed by atoms with Crippen molar-refractivity contribution in [1.29, 1.82) is 0 Å². The van der Waals surface area contributed by atoms with Gasteiger partial charge in [0.1, 0.15) is 35.5 Å². The van der Waals surface area contributed by atoms with Crippen LogP contribution in [0.2, 0.25) is 0 Å². The van der Waals surface area contributed by atoms with Gasteiger partial charge in [0.2, 0.25) is 0 Å². The molecule has 0 bridgehead atoms. The molecule has 0 fully saturated rings. The molecule has 60 heavy (non-hydrogen) atoms. The van der Waals surface area contributed by atoms with E-state index in [9.17, 15) is 10.2 Å². The van der Waals surface area contributed by atoms with Crippen LogP contribution < -0.4 is 19.3 Å². The number of phenolic OH excluding ortho intramolecular Hbond substituents is 2. The Morgan fingerprint density at radius 3 is 1.30 bits per heavy atom. The first-order valence-electron chi connectivity index (χ1n) is 20.9. The van der Waals surface area contributed by atoms with Crippen molar-refractivity contribution in [1.82, 2.24) is 10.3 Å². The number of carbonyl (C=O) groups excluding carboxylic acids is 1. The lowest BCUT2D eigenvalue weighted by atomic mass is 9.87. The number of nitrogens with zero attached hydrogens (tertiary/aromatic N) is 4. The summed E-state index contributed by atoms with van der Waals surface area (Å²) in [5.74, 6) is 1.51. The highest BCUT2D eigenvalue weighted by molar-refractivity contribution is 6.14. The molecule has 0 spiro atoms. The van der Waals surface area contributed by atoms with Gasteiger partial charge in [0.05, 0.1) is 24.6 Å². The van der Waals surface area contributed by atoms with Gasteiger partial charge >= 0.3 is 6.03 Å². The van der Waals surface area contributed by atoms with E-state index < -0.39 is 16.9 Å². The van der Waals surface area contributed by atoms with Gasteiger partial charge in [-0.15, -0.1) is 0 Å². The average molecular weight is 815 g/mol. The van der Waals surface area contributed by atoms with Gasteiger partial charge in [-0.1, -0.05) is 128 Å². The predicted molar refractivity (Wildman–Crippen MR) is 237 cm³/mol. The van der Waals surface area contributed by atoms with E-state index in [1.165, 1.54) is 22.3 Å². The second-order valence-corrected chi connectivity index (χ2v) is 17.1. The number of urea groups is 1. The SMILES string of the molecule is CCCCCOc1ccc(-c2ccc(N(C(=O)N(c3nocc3C(C)(C)C)c3nocc3C(C)(C)C)c3ccc(-c4ccc(OCCCCC)cc4)cc3O)c(O)c2)cc1. The van der Waals surface area contributed by atoms with Gasteiger partial charge in [-0.2, -0.15) is 0 Å². The van der Waals surface area contributed by atoms with E-state index in [0.29, 0.717) is 35.5 Å². The first-order valence-corrected chi connectivity index (χ1v) is 20.9. The molecule has 11 heteroatoms. The molecule has 0 aliphatic carbocycles. The maximum absolute atomic E-state index is 15.6. The van der Waals surface area contributed by atoms with E-state index in [0.717, 1.165) is 61.2 Å². The number of anilines is 4. The molecule has 2 aromatic heterocycles. The number of hydrogen-bond acceptors (Lipinski definition) is 9. The smallest absolute Gasteiger partial charge is 0.341 e. The van der Waals surface area contributed by atoms with Crippen LogP contribution in [-0.4, -0.2) is 39.8 Å². The first kappa shape index (κ1) is 43.4. The number of benzene rings is 4. The molecule has 0 aliphatic rings. The van der Waals surface area contributed by atoms with Gasteiger partial charge in [0.15, 0.2) is 11.6 Å². The fourth-order valence-corrected chi connectivity index (χ4v) is 6.88. The molecule has 316 valence electrons. The lowest BCUT2D eigenvalue weighted by Crippen LogP contribution is -2.40. The van der Waals surface area contributed by atoms with E-state index in [4.69, 9.17) is 18.5 Å². The van der Waals surface area contributed by atoms with Crippen LogP contribution in [0.15, 0.2) is 107 Å². The van der Waals surface area contributed by atoms with Gasteiger partial charge in [-0.05, 0) is 94.5 Å². The summed E-state index contributed by atoms with van der Waals surface area (Å²) in [5, 5.41) is 32.5. The summed E-state index contributed by atoms with van der Waals surface area (Å²) < 4.78 is 22.9. The Labute approximate surface area is 353 Å². The summed E-state index contributed by atoms with van der Waals surface area (Å²) in [6.07, 6.45) is 9.46. The Balaban J connectivity index is 1.44. The van der Waals surface area contributed by atoms with Crippen LogP contribution in [0.1, 0.15) is 105 Å². The first-order chi connectivity index (χ1) is 28.7. The number of aromatic hydroxyl groups is 2. The second kappa shape index (κ2) is 18.8. The van der Waals surface area contributed by atoms with E-state index >= 15 is 4.79 Å². The van der Waals surface area contributed by atoms with Crippen LogP contribution in [0.5, 0.6) is 23.0 Å². The minimum atomic E-state index is -0.700. The van der Waals surface area contributed by atoms with Crippen molar-refractivity contribution in [3.63, 3.8) is 0 Å². The van der Waals surface area contributed by atoms with Crippen molar-refractivity contribution in [3.05, 3.63) is 109 Å². The number of carbonyl (C=O) groups is 1. The van der Waals surface area contributed by atoms with Gasteiger partial charge < -0.3 is 28.7 Å². The summed E-state index contributed by atoms with van der Waals surface area (Å²) in [7, 11) is 0. The van der Waals surface area contributed by atoms with Crippen molar-refractivity contribution < 1.29 is 33.5 Å². The highest BCUT2D eigenvalue weighted by Crippen LogP contribution is 2.46. The van der Waals surface area contributed by atoms with Crippen molar-refractivity contribution >= 4 is 29.0 Å². The molecule has 6 rings (SSSR count). The highest BCUT2D eigenvalue weighted by Gasteiger charge is 2.39. The fraction of sp³-hybridized carbons (Fsp3) is 0.367. The zero-order valence-corrected chi connectivity index (χ0v) is 36.1. The van der Waals surface area contributed by atoms with Crippen molar-refractivity contribution in [3.8, 4) is 45.3 Å². The van der Waals surface area contributed by atoms with Crippen LogP contribution in [0, 0.1) is 0 Å². The van der Waals surface area contributed by atoms with Crippen LogP contribution in [0.4, 0.5) is 27.8 Å². The summed E-state index contributed by atoms with van der Waals surface area (Å²) in [6.45, 7) is 17.5. The molecule has 11 nitrogen and oxygen atoms in total. The summed E-state index contributed by atoms with van der Waals surface area (Å²) in [6, 6.07) is 24.8. The van der Waals surface area contributed by atoms with Gasteiger partial charge in [-0.25, -0.2) is 9.69 Å². The molecule has 0 unspecified atom stereocenters. The number of hydrogen-bond donors (Lipinski definition) is 2. The highest BCUT2D eigenvalue weighted by atomic mass is 16.5. The molecule has 0 radical (unpaired) electrons. The lowest BCUT2D eigenvalue weighted by molar-refractivity contribution is 0.254. The lowest BCUT2D eigenvalue weighted by Gasteiger charge is -2.32. The Bertz CT molecular complexity index is 2180. The normalized spacial score (nSPS) is 11.7. The number of ether oxygens (including phenoxy) is 2. The molecule has 2 heterocycles. The van der Waals surface area contributed by atoms with Crippen LogP contribution in [0.3, 0.4) is 0 Å². The summed E-state index contributed by atoms with van der Waals surface area (Å²) >= 11 is 0. The Hall–Kier alpha value is -6.23. The van der Waals surface area contributed by atoms with Crippen LogP contribution >= 0.6 is 0 Å². The van der Waals surface area contributed by atoms with Gasteiger partial charge in [0.25, 0.3) is 0 Å². The molecule has 2 amide bonds. The maximum Gasteiger partial charge on any atom is 0.341 e. The predicted octanol–water partition coefficient (Wildman–Crippen LogP) is 13.2. The van der Waals surface area contributed by atoms with Crippen molar-refractivity contribution in [2.75, 3.05) is 23.0 Å². The van der Waals surface area contributed by atoms with Crippen LogP contribution in [0.25, 0.3) is 22.3 Å². The Morgan fingerprint density at radius 2 is 0.950 bits per heavy atom. The van der Waals surface area contributed by atoms with Crippen molar-refractivity contribution in [2.45, 2.75) is 105 Å². The fourth-order valence-electron chi connectivity index (χ4n) is 6.88. The molecule has 0 aliphatic heterocycles. The molecular weight excluding hydrogens is 757 g/mol. The number of unbranched alkanes of at least 4 members (excludes halogenated alkanes) is 4. The largest absolute Gasteiger partial charge is 0.506 e. The van der Waals surface area contributed by atoms with Gasteiger partial charge in [0, 0.05) is 11.1 Å². The zero-order chi connectivity index (χ0) is 43.0. The molecule has 2 N–H and O–H groups in total. The molecular formula is C49H58N4O7. The third kappa shape index (κ3) is 9.96. The number of amides is 2. The van der Waals surface area contributed by atoms with Crippen LogP contribution in [-0.2, 0) is 10.8 Å². The maximum atomic E-state index is 15.6. The molecule has 0 atom stereocenters. The molecule has 0 saturated carbocycles. The van der Waals surface area contributed by atoms with Gasteiger partial charge in [-0.3, -0.25) is 4.90 Å².